The van der Waals surface area contributed by atoms with Crippen LogP contribution in [-0.2, 0) is 9.84 Å². The summed E-state index contributed by atoms with van der Waals surface area (Å²) >= 11 is 0. The number of hydrogen-bond acceptors (Lipinski definition) is 5. The molecule has 2 fully saturated rings. The smallest absolute Gasteiger partial charge is 0.255 e. The van der Waals surface area contributed by atoms with Crippen molar-refractivity contribution in [1.82, 2.24) is 9.80 Å². The maximum atomic E-state index is 13.4. The maximum Gasteiger partial charge on any atom is 0.255 e. The molecule has 2 aromatic rings. The second kappa shape index (κ2) is 10.3. The molecule has 0 unspecified atom stereocenters. The molecular formula is C26H33N3O4S. The summed E-state index contributed by atoms with van der Waals surface area (Å²) in [6.07, 6.45) is 6.48. The summed E-state index contributed by atoms with van der Waals surface area (Å²) in [6.45, 7) is 5.42. The average Bonchev–Trinajstić information content (AvgIpc) is 3.65. The van der Waals surface area contributed by atoms with Gasteiger partial charge in [0.1, 0.15) is 0 Å². The molecule has 1 heterocycles. The van der Waals surface area contributed by atoms with E-state index in [0.717, 1.165) is 58.0 Å². The Kier molecular flexibility index (Phi) is 7.38. The van der Waals surface area contributed by atoms with Crippen LogP contribution in [0, 0.1) is 0 Å². The van der Waals surface area contributed by atoms with Crippen molar-refractivity contribution in [3.63, 3.8) is 0 Å². The van der Waals surface area contributed by atoms with Crippen LogP contribution in [0.2, 0.25) is 0 Å². The van der Waals surface area contributed by atoms with Crippen molar-refractivity contribution in [3.8, 4) is 0 Å². The Morgan fingerprint density at radius 1 is 0.912 bits per heavy atom. The lowest BCUT2D eigenvalue weighted by atomic mass is 10.0. The molecule has 0 spiro atoms. The van der Waals surface area contributed by atoms with Crippen molar-refractivity contribution in [2.24, 2.45) is 0 Å². The minimum Gasteiger partial charge on any atom is -0.333 e. The normalized spacial score (nSPS) is 17.4. The fourth-order valence-electron chi connectivity index (χ4n) is 4.62. The molecule has 34 heavy (non-hydrogen) atoms. The summed E-state index contributed by atoms with van der Waals surface area (Å²) in [6, 6.07) is 13.5. The van der Waals surface area contributed by atoms with E-state index in [9.17, 15) is 18.0 Å². The van der Waals surface area contributed by atoms with Gasteiger partial charge in [0.15, 0.2) is 9.84 Å². The number of nitrogens with zero attached hydrogens (tertiary/aromatic N) is 2. The molecule has 182 valence electrons. The van der Waals surface area contributed by atoms with Crippen molar-refractivity contribution < 1.29 is 18.0 Å². The molecule has 1 aliphatic heterocycles. The number of carbonyl (C=O) groups excluding carboxylic acids is 2. The van der Waals surface area contributed by atoms with E-state index in [1.54, 1.807) is 24.3 Å². The van der Waals surface area contributed by atoms with E-state index < -0.39 is 9.84 Å². The first kappa shape index (κ1) is 24.4. The predicted octanol–water partition coefficient (Wildman–Crippen LogP) is 3.82. The molecule has 0 aromatic heterocycles. The highest BCUT2D eigenvalue weighted by Crippen LogP contribution is 2.33. The third-order valence-electron chi connectivity index (χ3n) is 6.60. The van der Waals surface area contributed by atoms with Gasteiger partial charge in [-0.15, -0.1) is 0 Å². The second-order valence-electron chi connectivity index (χ2n) is 9.34. The topological polar surface area (TPSA) is 86.8 Å². The number of sulfone groups is 1. The van der Waals surface area contributed by atoms with Crippen LogP contribution in [0.1, 0.15) is 59.7 Å². The number of carbonyl (C=O) groups is 2. The summed E-state index contributed by atoms with van der Waals surface area (Å²) in [7, 11) is -3.31. The van der Waals surface area contributed by atoms with Gasteiger partial charge < -0.3 is 15.1 Å². The molecule has 7 nitrogen and oxygen atoms in total. The van der Waals surface area contributed by atoms with E-state index in [4.69, 9.17) is 0 Å². The van der Waals surface area contributed by atoms with Crippen LogP contribution in [0.4, 0.5) is 5.69 Å². The monoisotopic (exact) mass is 483 g/mol. The lowest BCUT2D eigenvalue weighted by Crippen LogP contribution is -2.48. The molecule has 1 N–H and O–H groups in total. The van der Waals surface area contributed by atoms with Gasteiger partial charge in [0.05, 0.1) is 4.90 Å². The highest BCUT2D eigenvalue weighted by atomic mass is 32.2. The highest BCUT2D eigenvalue weighted by Gasteiger charge is 2.38. The standard InChI is InChI=1S/C26H33N3O4S/c1-3-16-28-17-14-23(15-18-28)29(22-10-11-22)26(31)20-4-8-21(9-5-20)27-25(30)19-6-12-24(13-7-19)34(2,32)33/h4-9,12-13,22-23H,3,10-11,14-18H2,1-2H3,(H,27,30). The summed E-state index contributed by atoms with van der Waals surface area (Å²) in [5, 5.41) is 2.81. The zero-order chi connectivity index (χ0) is 24.3. The van der Waals surface area contributed by atoms with Crippen molar-refractivity contribution in [2.75, 3.05) is 31.2 Å². The Morgan fingerprint density at radius 3 is 2.00 bits per heavy atom. The van der Waals surface area contributed by atoms with Crippen LogP contribution in [-0.4, -0.2) is 68.0 Å². The zero-order valence-corrected chi connectivity index (χ0v) is 20.7. The summed E-state index contributed by atoms with van der Waals surface area (Å²) in [4.78, 5) is 30.7. The molecule has 1 aliphatic carbocycles. The van der Waals surface area contributed by atoms with Crippen molar-refractivity contribution in [1.29, 1.82) is 0 Å². The van der Waals surface area contributed by atoms with Gasteiger partial charge in [-0.2, -0.15) is 0 Å². The largest absolute Gasteiger partial charge is 0.333 e. The van der Waals surface area contributed by atoms with E-state index in [-0.39, 0.29) is 16.7 Å². The van der Waals surface area contributed by atoms with Crippen LogP contribution in [0.15, 0.2) is 53.4 Å². The van der Waals surface area contributed by atoms with E-state index in [1.807, 2.05) is 0 Å². The van der Waals surface area contributed by atoms with Gasteiger partial charge in [0.25, 0.3) is 11.8 Å². The number of benzene rings is 2. The third kappa shape index (κ3) is 5.85. The van der Waals surface area contributed by atoms with Gasteiger partial charge in [0.2, 0.25) is 0 Å². The molecule has 2 aromatic carbocycles. The van der Waals surface area contributed by atoms with E-state index in [2.05, 4.69) is 22.0 Å². The molecule has 0 atom stereocenters. The Balaban J connectivity index is 1.39. The lowest BCUT2D eigenvalue weighted by Gasteiger charge is -2.39. The minimum atomic E-state index is -3.31. The molecule has 2 aliphatic rings. The summed E-state index contributed by atoms with van der Waals surface area (Å²) in [5.74, 6) is -0.261. The molecule has 8 heteroatoms. The van der Waals surface area contributed by atoms with Crippen LogP contribution in [0.5, 0.6) is 0 Å². The van der Waals surface area contributed by atoms with Gasteiger partial charge >= 0.3 is 0 Å². The predicted molar refractivity (Wildman–Crippen MR) is 133 cm³/mol. The number of amides is 2. The molecule has 0 radical (unpaired) electrons. The number of anilines is 1. The third-order valence-corrected chi connectivity index (χ3v) is 7.73. The van der Waals surface area contributed by atoms with Crippen LogP contribution >= 0.6 is 0 Å². The molecule has 0 bridgehead atoms. The van der Waals surface area contributed by atoms with Crippen molar-refractivity contribution >= 4 is 27.3 Å². The number of hydrogen-bond donors (Lipinski definition) is 1. The number of likely N-dealkylation sites (tertiary alicyclic amines) is 1. The Morgan fingerprint density at radius 2 is 1.47 bits per heavy atom. The quantitative estimate of drug-likeness (QED) is 0.617. The van der Waals surface area contributed by atoms with E-state index >= 15 is 0 Å². The van der Waals surface area contributed by atoms with Gasteiger partial charge in [-0.05, 0) is 87.2 Å². The fraction of sp³-hybridized carbons (Fsp3) is 0.462. The van der Waals surface area contributed by atoms with Crippen LogP contribution in [0.25, 0.3) is 0 Å². The Hall–Kier alpha value is -2.71. The Bertz CT molecular complexity index is 1120. The van der Waals surface area contributed by atoms with Crippen LogP contribution < -0.4 is 5.32 Å². The fourth-order valence-corrected chi connectivity index (χ4v) is 5.25. The van der Waals surface area contributed by atoms with Gasteiger partial charge in [-0.1, -0.05) is 6.92 Å². The molecule has 1 saturated carbocycles. The summed E-state index contributed by atoms with van der Waals surface area (Å²) < 4.78 is 23.2. The first-order valence-electron chi connectivity index (χ1n) is 12.0. The minimum absolute atomic E-state index is 0.0747. The van der Waals surface area contributed by atoms with Crippen molar-refractivity contribution in [2.45, 2.75) is 56.0 Å². The molecule has 2 amide bonds. The van der Waals surface area contributed by atoms with E-state index in [1.165, 1.54) is 24.3 Å². The van der Waals surface area contributed by atoms with E-state index in [0.29, 0.717) is 28.9 Å². The highest BCUT2D eigenvalue weighted by molar-refractivity contribution is 7.90. The first-order valence-corrected chi connectivity index (χ1v) is 13.9. The van der Waals surface area contributed by atoms with Crippen molar-refractivity contribution in [3.05, 3.63) is 59.7 Å². The number of piperidine rings is 1. The van der Waals surface area contributed by atoms with Gasteiger partial charge in [0, 0.05) is 48.2 Å². The molecule has 1 saturated heterocycles. The summed E-state index contributed by atoms with van der Waals surface area (Å²) in [5.41, 5.74) is 1.58. The van der Waals surface area contributed by atoms with Gasteiger partial charge in [-0.25, -0.2) is 8.42 Å². The van der Waals surface area contributed by atoms with Crippen LogP contribution in [0.3, 0.4) is 0 Å². The molecular weight excluding hydrogens is 450 g/mol. The van der Waals surface area contributed by atoms with Gasteiger partial charge in [-0.3, -0.25) is 9.59 Å². The first-order chi connectivity index (χ1) is 16.3. The SMILES string of the molecule is CCCN1CCC(N(C(=O)c2ccc(NC(=O)c3ccc(S(C)(=O)=O)cc3)cc2)C2CC2)CC1. The second-order valence-corrected chi connectivity index (χ2v) is 11.4. The lowest BCUT2D eigenvalue weighted by molar-refractivity contribution is 0.0549. The maximum absolute atomic E-state index is 13.4. The number of rotatable bonds is 8. The Labute approximate surface area is 202 Å². The zero-order valence-electron chi connectivity index (χ0n) is 19.9. The molecule has 4 rings (SSSR count). The number of nitrogens with one attached hydrogen (secondary N) is 1. The average molecular weight is 484 g/mol.